The number of hydrogen-bond acceptors (Lipinski definition) is 0. The fourth-order valence-corrected chi connectivity index (χ4v) is 4.10. The Hall–Kier alpha value is -0.743. The van der Waals surface area contributed by atoms with E-state index in [0.717, 1.165) is 42.4 Å². The van der Waals surface area contributed by atoms with Crippen LogP contribution in [0.1, 0.15) is 44.1 Å². The van der Waals surface area contributed by atoms with Crippen LogP contribution in [-0.4, -0.2) is 15.4 Å². The van der Waals surface area contributed by atoms with Gasteiger partial charge in [0, 0.05) is 5.88 Å². The van der Waals surface area contributed by atoms with Gasteiger partial charge in [0.25, 0.3) is 0 Å². The average Bonchev–Trinajstić information content (AvgIpc) is 2.48. The summed E-state index contributed by atoms with van der Waals surface area (Å²) < 4.78 is 38.0. The van der Waals surface area contributed by atoms with Crippen LogP contribution in [0.25, 0.3) is 0 Å². The van der Waals surface area contributed by atoms with Crippen molar-refractivity contribution in [2.75, 3.05) is 5.88 Å². The van der Waals surface area contributed by atoms with E-state index in [1.807, 2.05) is 0 Å². The second-order valence-corrected chi connectivity index (χ2v) is 7.85. The molecule has 0 aliphatic heterocycles. The maximum absolute atomic E-state index is 12.7. The van der Waals surface area contributed by atoms with Gasteiger partial charge in [-0.1, -0.05) is 54.3 Å². The fraction of sp³-hybridized carbons (Fsp3) is 0.529. The van der Waals surface area contributed by atoms with E-state index in [2.05, 4.69) is 6.58 Å². The van der Waals surface area contributed by atoms with Crippen molar-refractivity contribution < 1.29 is 13.2 Å². The molecular weight excluding hydrogens is 325 g/mol. The van der Waals surface area contributed by atoms with Crippen LogP contribution < -0.4 is 5.19 Å². The number of unbranched alkanes of at least 4 members (excludes halogenated alkanes) is 4. The standard InChI is InChI=1S/C17H24ClF3Si/c1-14(8-5-3-2-4-6-11-18)13-22-16-10-7-9-15(12-16)17(19,20)21/h7,9-10,12H,1-6,8,11,13,22H2. The molecule has 0 saturated heterocycles. The van der Waals surface area contributed by atoms with Gasteiger partial charge >= 0.3 is 6.18 Å². The molecule has 0 unspecified atom stereocenters. The van der Waals surface area contributed by atoms with Crippen molar-refractivity contribution >= 4 is 26.3 Å². The van der Waals surface area contributed by atoms with Gasteiger partial charge in [0.2, 0.25) is 0 Å². The lowest BCUT2D eigenvalue weighted by Gasteiger charge is -2.09. The van der Waals surface area contributed by atoms with Crippen molar-refractivity contribution in [3.05, 3.63) is 42.0 Å². The summed E-state index contributed by atoms with van der Waals surface area (Å²) in [6, 6.07) is 6.63. The number of allylic oxidation sites excluding steroid dienone is 1. The molecule has 0 bridgehead atoms. The van der Waals surface area contributed by atoms with E-state index < -0.39 is 21.3 Å². The molecule has 5 heteroatoms. The SMILES string of the molecule is C=C(CCCCCCCCl)C[SiH2]c1cccc(C(F)(F)F)c1. The van der Waals surface area contributed by atoms with Gasteiger partial charge in [-0.05, 0) is 25.3 Å². The van der Waals surface area contributed by atoms with Crippen LogP contribution in [0.2, 0.25) is 6.04 Å². The second kappa shape index (κ2) is 10.1. The third kappa shape index (κ3) is 8.04. The van der Waals surface area contributed by atoms with E-state index in [0.29, 0.717) is 0 Å². The molecule has 0 radical (unpaired) electrons. The molecule has 0 aromatic heterocycles. The van der Waals surface area contributed by atoms with E-state index >= 15 is 0 Å². The van der Waals surface area contributed by atoms with Gasteiger partial charge in [-0.25, -0.2) is 0 Å². The molecule has 1 rings (SSSR count). The minimum Gasteiger partial charge on any atom is -0.166 e. The van der Waals surface area contributed by atoms with Crippen molar-refractivity contribution in [3.63, 3.8) is 0 Å². The maximum atomic E-state index is 12.7. The first kappa shape index (κ1) is 19.3. The molecule has 0 N–H and O–H groups in total. The van der Waals surface area contributed by atoms with Crippen molar-refractivity contribution in [3.8, 4) is 0 Å². The van der Waals surface area contributed by atoms with Gasteiger partial charge in [0.15, 0.2) is 0 Å². The van der Waals surface area contributed by atoms with Crippen LogP contribution in [0, 0.1) is 0 Å². The summed E-state index contributed by atoms with van der Waals surface area (Å²) in [7, 11) is -0.703. The van der Waals surface area contributed by atoms with Gasteiger partial charge in [-0.15, -0.1) is 18.2 Å². The zero-order valence-corrected chi connectivity index (χ0v) is 15.1. The smallest absolute Gasteiger partial charge is 0.166 e. The minimum absolute atomic E-state index is 0.539. The molecule has 22 heavy (non-hydrogen) atoms. The molecule has 0 aliphatic rings. The first-order valence-electron chi connectivity index (χ1n) is 7.82. The average molecular weight is 349 g/mol. The zero-order chi connectivity index (χ0) is 16.4. The Balaban J connectivity index is 2.27. The first-order valence-corrected chi connectivity index (χ1v) is 10.1. The Morgan fingerprint density at radius 3 is 2.45 bits per heavy atom. The summed E-state index contributed by atoms with van der Waals surface area (Å²) in [6.07, 6.45) is 2.50. The van der Waals surface area contributed by atoms with Crippen LogP contribution >= 0.6 is 11.6 Å². The van der Waals surface area contributed by atoms with E-state index in [1.54, 1.807) is 6.07 Å². The van der Waals surface area contributed by atoms with Crippen LogP contribution in [0.15, 0.2) is 36.4 Å². The van der Waals surface area contributed by atoms with E-state index in [-0.39, 0.29) is 0 Å². The molecule has 0 saturated carbocycles. The molecule has 0 aliphatic carbocycles. The lowest BCUT2D eigenvalue weighted by atomic mass is 10.1. The number of alkyl halides is 4. The predicted molar refractivity (Wildman–Crippen MR) is 92.0 cm³/mol. The highest BCUT2D eigenvalue weighted by atomic mass is 35.5. The van der Waals surface area contributed by atoms with E-state index in [9.17, 15) is 13.2 Å². The monoisotopic (exact) mass is 348 g/mol. The number of hydrogen-bond donors (Lipinski definition) is 0. The minimum atomic E-state index is -4.25. The first-order chi connectivity index (χ1) is 10.4. The Morgan fingerprint density at radius 2 is 1.77 bits per heavy atom. The second-order valence-electron chi connectivity index (χ2n) is 5.65. The van der Waals surface area contributed by atoms with E-state index in [1.165, 1.54) is 37.0 Å². The molecule has 124 valence electrons. The number of halogens is 4. The summed E-state index contributed by atoms with van der Waals surface area (Å²) in [6.45, 7) is 4.07. The van der Waals surface area contributed by atoms with Crippen molar-refractivity contribution in [1.82, 2.24) is 0 Å². The molecule has 0 fully saturated rings. The van der Waals surface area contributed by atoms with Gasteiger partial charge in [0.1, 0.15) is 0 Å². The lowest BCUT2D eigenvalue weighted by molar-refractivity contribution is -0.137. The molecule has 0 spiro atoms. The Morgan fingerprint density at radius 1 is 1.09 bits per heavy atom. The van der Waals surface area contributed by atoms with Crippen molar-refractivity contribution in [2.45, 2.75) is 50.7 Å². The van der Waals surface area contributed by atoms with Crippen molar-refractivity contribution in [1.29, 1.82) is 0 Å². The molecule has 0 heterocycles. The highest BCUT2D eigenvalue weighted by Crippen LogP contribution is 2.28. The fourth-order valence-electron chi connectivity index (χ4n) is 2.35. The predicted octanol–water partition coefficient (Wildman–Crippen LogP) is 5.05. The molecule has 1 aromatic carbocycles. The third-order valence-electron chi connectivity index (χ3n) is 3.69. The molecule has 0 atom stereocenters. The van der Waals surface area contributed by atoms with Gasteiger partial charge < -0.3 is 0 Å². The topological polar surface area (TPSA) is 0 Å². The molecular formula is C17H24ClF3Si. The van der Waals surface area contributed by atoms with Gasteiger partial charge in [0.05, 0.1) is 15.1 Å². The van der Waals surface area contributed by atoms with Crippen molar-refractivity contribution in [2.24, 2.45) is 0 Å². The summed E-state index contributed by atoms with van der Waals surface area (Å²) in [4.78, 5) is 0. The Kier molecular flexibility index (Phi) is 8.87. The number of rotatable bonds is 10. The summed E-state index contributed by atoms with van der Waals surface area (Å²) >= 11 is 5.62. The normalized spacial score (nSPS) is 12.2. The Bertz CT molecular complexity index is 457. The van der Waals surface area contributed by atoms with Crippen LogP contribution in [0.4, 0.5) is 13.2 Å². The largest absolute Gasteiger partial charge is 0.416 e. The van der Waals surface area contributed by atoms with Gasteiger partial charge in [-0.2, -0.15) is 13.2 Å². The molecule has 1 aromatic rings. The Labute approximate surface area is 138 Å². The number of benzene rings is 1. The third-order valence-corrected chi connectivity index (χ3v) is 5.93. The van der Waals surface area contributed by atoms with Gasteiger partial charge in [-0.3, -0.25) is 0 Å². The van der Waals surface area contributed by atoms with Crippen LogP contribution in [0.5, 0.6) is 0 Å². The quantitative estimate of drug-likeness (QED) is 0.240. The van der Waals surface area contributed by atoms with E-state index in [4.69, 9.17) is 11.6 Å². The van der Waals surface area contributed by atoms with Crippen LogP contribution in [0.3, 0.4) is 0 Å². The molecule has 0 amide bonds. The highest BCUT2D eigenvalue weighted by molar-refractivity contribution is 6.54. The molecule has 0 nitrogen and oxygen atoms in total. The lowest BCUT2D eigenvalue weighted by Crippen LogP contribution is -2.17. The maximum Gasteiger partial charge on any atom is 0.416 e. The summed E-state index contributed by atoms with van der Waals surface area (Å²) in [5.74, 6) is 0.731. The highest BCUT2D eigenvalue weighted by Gasteiger charge is 2.30. The summed E-state index contributed by atoms with van der Waals surface area (Å²) in [5, 5.41) is 0.859. The van der Waals surface area contributed by atoms with Crippen LogP contribution in [-0.2, 0) is 6.18 Å². The zero-order valence-electron chi connectivity index (χ0n) is 12.9. The summed E-state index contributed by atoms with van der Waals surface area (Å²) in [5.41, 5.74) is 0.642.